The van der Waals surface area contributed by atoms with Gasteiger partial charge in [0, 0.05) is 10.6 Å². The van der Waals surface area contributed by atoms with Crippen molar-refractivity contribution in [3.63, 3.8) is 0 Å². The number of thioether (sulfide) groups is 1. The average Bonchev–Trinajstić information content (AvgIpc) is 2.86. The predicted molar refractivity (Wildman–Crippen MR) is 72.7 cm³/mol. The second kappa shape index (κ2) is 5.12. The molecule has 6 nitrogen and oxygen atoms in total. The van der Waals surface area contributed by atoms with E-state index >= 15 is 0 Å². The predicted octanol–water partition coefficient (Wildman–Crippen LogP) is 1.49. The quantitative estimate of drug-likeness (QED) is 0.779. The van der Waals surface area contributed by atoms with Crippen molar-refractivity contribution < 1.29 is 9.18 Å². The van der Waals surface area contributed by atoms with Gasteiger partial charge in [-0.15, -0.1) is 16.9 Å². The molecular weight excluding hydrogens is 281 g/mol. The van der Waals surface area contributed by atoms with E-state index < -0.39 is 5.91 Å². The molecule has 0 spiro atoms. The smallest absolute Gasteiger partial charge is 0.289 e. The number of amides is 1. The highest BCUT2D eigenvalue weighted by Crippen LogP contribution is 2.36. The van der Waals surface area contributed by atoms with Crippen molar-refractivity contribution in [2.75, 3.05) is 11.5 Å². The first-order valence-electron chi connectivity index (χ1n) is 6.04. The zero-order valence-corrected chi connectivity index (χ0v) is 11.2. The minimum Gasteiger partial charge on any atom is -0.366 e. The Labute approximate surface area is 118 Å². The average molecular weight is 293 g/mol. The van der Waals surface area contributed by atoms with Gasteiger partial charge in [-0.05, 0) is 30.2 Å². The number of nitrogen functional groups attached to an aromatic ring is 1. The molecule has 1 atom stereocenters. The number of nitrogens with zero attached hydrogens (tertiary/aromatic N) is 2. The summed E-state index contributed by atoms with van der Waals surface area (Å²) in [4.78, 5) is 16.8. The first kappa shape index (κ1) is 12.9. The monoisotopic (exact) mass is 293 g/mol. The van der Waals surface area contributed by atoms with Crippen molar-refractivity contribution in [3.05, 3.63) is 35.4 Å². The molecule has 1 aliphatic rings. The Morgan fingerprint density at radius 3 is 3.15 bits per heavy atom. The number of rotatable bonds is 2. The van der Waals surface area contributed by atoms with Crippen LogP contribution in [0.4, 0.5) is 10.3 Å². The summed E-state index contributed by atoms with van der Waals surface area (Å²) in [6, 6.07) is 4.38. The lowest BCUT2D eigenvalue weighted by Crippen LogP contribution is -2.31. The fourth-order valence-corrected chi connectivity index (χ4v) is 3.22. The maximum atomic E-state index is 13.4. The number of hydrogen-bond acceptors (Lipinski definition) is 5. The highest BCUT2D eigenvalue weighted by molar-refractivity contribution is 7.99. The van der Waals surface area contributed by atoms with Crippen molar-refractivity contribution in [3.8, 4) is 0 Å². The lowest BCUT2D eigenvalue weighted by molar-refractivity contribution is 0.0925. The van der Waals surface area contributed by atoms with Crippen molar-refractivity contribution in [1.82, 2.24) is 20.5 Å². The fourth-order valence-electron chi connectivity index (χ4n) is 2.12. The van der Waals surface area contributed by atoms with Gasteiger partial charge in [-0.25, -0.2) is 4.39 Å². The SMILES string of the molecule is Nc1n[nH]c(C(=O)NC2CCSc3ccc(F)cc32)n1. The minimum absolute atomic E-state index is 0.0146. The van der Waals surface area contributed by atoms with Crippen LogP contribution in [-0.2, 0) is 0 Å². The molecule has 8 heteroatoms. The third kappa shape index (κ3) is 2.46. The largest absolute Gasteiger partial charge is 0.366 e. The Hall–Kier alpha value is -2.09. The molecule has 1 aromatic heterocycles. The number of H-pyrrole nitrogens is 1. The van der Waals surface area contributed by atoms with E-state index in [1.807, 2.05) is 0 Å². The molecule has 0 radical (unpaired) electrons. The third-order valence-corrected chi connectivity index (χ3v) is 4.16. The number of aromatic amines is 1. The Morgan fingerprint density at radius 1 is 1.55 bits per heavy atom. The van der Waals surface area contributed by atoms with E-state index in [-0.39, 0.29) is 23.6 Å². The van der Waals surface area contributed by atoms with Crippen LogP contribution in [0.5, 0.6) is 0 Å². The summed E-state index contributed by atoms with van der Waals surface area (Å²) in [5.41, 5.74) is 6.15. The van der Waals surface area contributed by atoms with E-state index in [0.29, 0.717) is 0 Å². The summed E-state index contributed by atoms with van der Waals surface area (Å²) in [5, 5.41) is 8.88. The van der Waals surface area contributed by atoms with Crippen LogP contribution < -0.4 is 11.1 Å². The van der Waals surface area contributed by atoms with Gasteiger partial charge >= 0.3 is 0 Å². The summed E-state index contributed by atoms with van der Waals surface area (Å²) in [5.74, 6) is 0.220. The van der Waals surface area contributed by atoms with Gasteiger partial charge < -0.3 is 11.1 Å². The molecule has 0 aliphatic carbocycles. The third-order valence-electron chi connectivity index (χ3n) is 3.03. The maximum absolute atomic E-state index is 13.4. The number of benzene rings is 1. The zero-order valence-electron chi connectivity index (χ0n) is 10.4. The molecule has 0 fully saturated rings. The fraction of sp³-hybridized carbons (Fsp3) is 0.250. The second-order valence-corrected chi connectivity index (χ2v) is 5.52. The summed E-state index contributed by atoms with van der Waals surface area (Å²) >= 11 is 1.65. The van der Waals surface area contributed by atoms with Crippen molar-refractivity contribution in [2.24, 2.45) is 0 Å². The molecule has 104 valence electrons. The Kier molecular flexibility index (Phi) is 3.31. The second-order valence-electron chi connectivity index (χ2n) is 4.39. The molecule has 1 amide bonds. The Bertz CT molecular complexity index is 659. The van der Waals surface area contributed by atoms with E-state index in [2.05, 4.69) is 20.5 Å². The molecule has 20 heavy (non-hydrogen) atoms. The highest BCUT2D eigenvalue weighted by atomic mass is 32.2. The molecule has 0 bridgehead atoms. The topological polar surface area (TPSA) is 96.7 Å². The molecule has 1 unspecified atom stereocenters. The number of carbonyl (C=O) groups is 1. The Balaban J connectivity index is 1.82. The van der Waals surface area contributed by atoms with Gasteiger partial charge in [0.2, 0.25) is 11.8 Å². The van der Waals surface area contributed by atoms with Crippen molar-refractivity contribution in [1.29, 1.82) is 0 Å². The zero-order chi connectivity index (χ0) is 14.1. The van der Waals surface area contributed by atoms with Crippen LogP contribution in [0.15, 0.2) is 23.1 Å². The molecule has 1 aromatic carbocycles. The number of carbonyl (C=O) groups excluding carboxylic acids is 1. The van der Waals surface area contributed by atoms with E-state index in [1.54, 1.807) is 17.8 Å². The Morgan fingerprint density at radius 2 is 2.40 bits per heavy atom. The molecule has 2 aromatic rings. The van der Waals surface area contributed by atoms with E-state index in [4.69, 9.17) is 5.73 Å². The standard InChI is InChI=1S/C12H12FN5OS/c13-6-1-2-9-7(5-6)8(3-4-20-9)15-11(19)10-16-12(14)18-17-10/h1-2,5,8H,3-4H2,(H,15,19)(H3,14,16,17,18). The number of fused-ring (bicyclic) bond motifs is 1. The van der Waals surface area contributed by atoms with Gasteiger partial charge in [0.05, 0.1) is 6.04 Å². The number of hydrogen-bond donors (Lipinski definition) is 3. The van der Waals surface area contributed by atoms with E-state index in [1.165, 1.54) is 12.1 Å². The normalized spacial score (nSPS) is 17.6. The van der Waals surface area contributed by atoms with Crippen LogP contribution in [0.3, 0.4) is 0 Å². The van der Waals surface area contributed by atoms with Gasteiger partial charge in [0.15, 0.2) is 0 Å². The van der Waals surface area contributed by atoms with Gasteiger partial charge in [0.1, 0.15) is 5.82 Å². The van der Waals surface area contributed by atoms with Crippen LogP contribution in [0, 0.1) is 5.82 Å². The van der Waals surface area contributed by atoms with Gasteiger partial charge in [-0.2, -0.15) is 4.98 Å². The molecule has 1 aliphatic heterocycles. The van der Waals surface area contributed by atoms with Crippen LogP contribution in [0.1, 0.15) is 28.6 Å². The van der Waals surface area contributed by atoms with Crippen LogP contribution >= 0.6 is 11.8 Å². The number of nitrogens with two attached hydrogens (primary N) is 1. The number of anilines is 1. The molecule has 4 N–H and O–H groups in total. The van der Waals surface area contributed by atoms with Gasteiger partial charge in [0.25, 0.3) is 5.91 Å². The molecular formula is C12H12FN5OS. The lowest BCUT2D eigenvalue weighted by atomic mass is 10.0. The summed E-state index contributed by atoms with van der Waals surface area (Å²) in [6.07, 6.45) is 0.733. The number of nitrogens with one attached hydrogen (secondary N) is 2. The van der Waals surface area contributed by atoms with Gasteiger partial charge in [-0.3, -0.25) is 9.89 Å². The first-order chi connectivity index (χ1) is 9.63. The highest BCUT2D eigenvalue weighted by Gasteiger charge is 2.24. The van der Waals surface area contributed by atoms with Gasteiger partial charge in [-0.1, -0.05) is 0 Å². The first-order valence-corrected chi connectivity index (χ1v) is 7.03. The lowest BCUT2D eigenvalue weighted by Gasteiger charge is -2.25. The van der Waals surface area contributed by atoms with Crippen molar-refractivity contribution in [2.45, 2.75) is 17.4 Å². The van der Waals surface area contributed by atoms with Crippen molar-refractivity contribution >= 4 is 23.6 Å². The van der Waals surface area contributed by atoms with Crippen LogP contribution in [-0.4, -0.2) is 26.8 Å². The molecule has 3 rings (SSSR count). The molecule has 0 saturated carbocycles. The number of aromatic nitrogens is 3. The van der Waals surface area contributed by atoms with Crippen LogP contribution in [0.2, 0.25) is 0 Å². The maximum Gasteiger partial charge on any atom is 0.289 e. The summed E-state index contributed by atoms with van der Waals surface area (Å²) < 4.78 is 13.4. The molecule has 0 saturated heterocycles. The van der Waals surface area contributed by atoms with Crippen LogP contribution in [0.25, 0.3) is 0 Å². The van der Waals surface area contributed by atoms with E-state index in [9.17, 15) is 9.18 Å². The number of halogens is 1. The minimum atomic E-state index is -0.402. The van der Waals surface area contributed by atoms with E-state index in [0.717, 1.165) is 22.6 Å². The summed E-state index contributed by atoms with van der Waals surface area (Å²) in [6.45, 7) is 0. The summed E-state index contributed by atoms with van der Waals surface area (Å²) in [7, 11) is 0. The molecule has 2 heterocycles.